The largest absolute Gasteiger partial charge is 0.464 e. The van der Waals surface area contributed by atoms with E-state index < -0.39 is 5.97 Å². The van der Waals surface area contributed by atoms with Crippen LogP contribution in [0.3, 0.4) is 0 Å². The molecular weight excluding hydrogens is 270 g/mol. The van der Waals surface area contributed by atoms with Gasteiger partial charge in [0.2, 0.25) is 0 Å². The van der Waals surface area contributed by atoms with E-state index in [0.29, 0.717) is 12.2 Å². The molecule has 0 N–H and O–H groups in total. The van der Waals surface area contributed by atoms with E-state index in [1.54, 1.807) is 11.8 Å². The lowest BCUT2D eigenvalue weighted by molar-refractivity contribution is 0.0588. The number of methoxy groups -OCH3 is 2. The fourth-order valence-corrected chi connectivity index (χ4v) is 2.33. The third-order valence-corrected chi connectivity index (χ3v) is 3.11. The van der Waals surface area contributed by atoms with Crippen molar-refractivity contribution < 1.29 is 14.3 Å². The van der Waals surface area contributed by atoms with Crippen molar-refractivity contribution in [1.82, 2.24) is 15.0 Å². The molecule has 0 fully saturated rings. The van der Waals surface area contributed by atoms with E-state index >= 15 is 0 Å². The Bertz CT molecular complexity index is 629. The molecule has 6 heteroatoms. The van der Waals surface area contributed by atoms with Crippen molar-refractivity contribution in [3.05, 3.63) is 46.3 Å². The molecule has 0 unspecified atom stereocenters. The van der Waals surface area contributed by atoms with E-state index in [9.17, 15) is 4.79 Å². The molecular formula is C15H19N3O3. The summed E-state index contributed by atoms with van der Waals surface area (Å²) in [5.74, 6) is -0.506. The summed E-state index contributed by atoms with van der Waals surface area (Å²) in [5.41, 5.74) is 4.29. The normalized spacial score (nSPS) is 10.7. The molecule has 0 aliphatic heterocycles. The van der Waals surface area contributed by atoms with Gasteiger partial charge >= 0.3 is 5.97 Å². The molecule has 1 aromatic heterocycles. The van der Waals surface area contributed by atoms with Crippen LogP contribution in [0.25, 0.3) is 0 Å². The van der Waals surface area contributed by atoms with Crippen molar-refractivity contribution in [1.29, 1.82) is 0 Å². The summed E-state index contributed by atoms with van der Waals surface area (Å²) in [7, 11) is 2.89. The number of rotatable bonds is 5. The van der Waals surface area contributed by atoms with Gasteiger partial charge in [0.15, 0.2) is 5.69 Å². The SMILES string of the molecule is COCc1c(C(=O)OC)nnn1Cc1cc(C)cc(C)c1. The fourth-order valence-electron chi connectivity index (χ4n) is 2.33. The van der Waals surface area contributed by atoms with Crippen LogP contribution in [0.1, 0.15) is 32.9 Å². The summed E-state index contributed by atoms with van der Waals surface area (Å²) >= 11 is 0. The Morgan fingerprint density at radius 2 is 1.86 bits per heavy atom. The van der Waals surface area contributed by atoms with Crippen molar-refractivity contribution in [3.8, 4) is 0 Å². The zero-order valence-corrected chi connectivity index (χ0v) is 12.7. The zero-order valence-electron chi connectivity index (χ0n) is 12.7. The summed E-state index contributed by atoms with van der Waals surface area (Å²) in [4.78, 5) is 11.7. The van der Waals surface area contributed by atoms with Crippen molar-refractivity contribution in [3.63, 3.8) is 0 Å². The lowest BCUT2D eigenvalue weighted by Gasteiger charge is -2.08. The van der Waals surface area contributed by atoms with Gasteiger partial charge in [0.1, 0.15) is 0 Å². The van der Waals surface area contributed by atoms with E-state index in [2.05, 4.69) is 28.5 Å². The first kappa shape index (κ1) is 15.2. The van der Waals surface area contributed by atoms with Crippen LogP contribution in [0.4, 0.5) is 0 Å². The summed E-state index contributed by atoms with van der Waals surface area (Å²) in [6, 6.07) is 6.28. The third-order valence-electron chi connectivity index (χ3n) is 3.11. The van der Waals surface area contributed by atoms with Gasteiger partial charge in [0, 0.05) is 7.11 Å². The third kappa shape index (κ3) is 3.46. The van der Waals surface area contributed by atoms with Gasteiger partial charge in [-0.05, 0) is 19.4 Å². The van der Waals surface area contributed by atoms with Gasteiger partial charge in [-0.25, -0.2) is 9.48 Å². The first-order valence-electron chi connectivity index (χ1n) is 6.62. The van der Waals surface area contributed by atoms with Crippen molar-refractivity contribution >= 4 is 5.97 Å². The number of carbonyl (C=O) groups is 1. The molecule has 112 valence electrons. The van der Waals surface area contributed by atoms with Crippen LogP contribution in [0, 0.1) is 13.8 Å². The number of esters is 1. The monoisotopic (exact) mass is 289 g/mol. The maximum Gasteiger partial charge on any atom is 0.360 e. The van der Waals surface area contributed by atoms with Crippen LogP contribution >= 0.6 is 0 Å². The van der Waals surface area contributed by atoms with Crippen LogP contribution in [-0.4, -0.2) is 35.2 Å². The Balaban J connectivity index is 2.35. The summed E-state index contributed by atoms with van der Waals surface area (Å²) in [6.45, 7) is 4.88. The molecule has 1 heterocycles. The number of aryl methyl sites for hydroxylation is 2. The molecule has 0 amide bonds. The average molecular weight is 289 g/mol. The summed E-state index contributed by atoms with van der Waals surface area (Å²) in [6.07, 6.45) is 0. The molecule has 1 aromatic carbocycles. The Kier molecular flexibility index (Phi) is 4.70. The highest BCUT2D eigenvalue weighted by atomic mass is 16.5. The smallest absolute Gasteiger partial charge is 0.360 e. The standard InChI is InChI=1S/C15H19N3O3/c1-10-5-11(2)7-12(6-10)8-18-13(9-20-3)14(16-17-18)15(19)21-4/h5-7H,8-9H2,1-4H3. The molecule has 0 aliphatic carbocycles. The van der Waals surface area contributed by atoms with Gasteiger partial charge in [-0.1, -0.05) is 34.5 Å². The lowest BCUT2D eigenvalue weighted by Crippen LogP contribution is -2.11. The van der Waals surface area contributed by atoms with E-state index in [1.165, 1.54) is 18.2 Å². The Morgan fingerprint density at radius 1 is 1.19 bits per heavy atom. The highest BCUT2D eigenvalue weighted by molar-refractivity contribution is 5.88. The fraction of sp³-hybridized carbons (Fsp3) is 0.400. The molecule has 0 spiro atoms. The first-order chi connectivity index (χ1) is 10.0. The van der Waals surface area contributed by atoms with Crippen LogP contribution in [0.15, 0.2) is 18.2 Å². The summed E-state index contributed by atoms with van der Waals surface area (Å²) < 4.78 is 11.5. The van der Waals surface area contributed by atoms with Crippen molar-refractivity contribution in [2.24, 2.45) is 0 Å². The molecule has 0 saturated carbocycles. The number of carbonyl (C=O) groups excluding carboxylic acids is 1. The van der Waals surface area contributed by atoms with E-state index in [4.69, 9.17) is 9.47 Å². The second-order valence-electron chi connectivity index (χ2n) is 4.96. The molecule has 0 radical (unpaired) electrons. The Morgan fingerprint density at radius 3 is 2.43 bits per heavy atom. The van der Waals surface area contributed by atoms with Gasteiger partial charge in [-0.2, -0.15) is 0 Å². The topological polar surface area (TPSA) is 66.2 Å². The molecule has 0 saturated heterocycles. The van der Waals surface area contributed by atoms with E-state index in [0.717, 1.165) is 5.56 Å². The van der Waals surface area contributed by atoms with Crippen molar-refractivity contribution in [2.75, 3.05) is 14.2 Å². The Hall–Kier alpha value is -2.21. The maximum atomic E-state index is 11.7. The average Bonchev–Trinajstić information content (AvgIpc) is 2.80. The second-order valence-corrected chi connectivity index (χ2v) is 4.96. The van der Waals surface area contributed by atoms with E-state index in [1.807, 2.05) is 13.8 Å². The van der Waals surface area contributed by atoms with Gasteiger partial charge in [0.25, 0.3) is 0 Å². The highest BCUT2D eigenvalue weighted by Crippen LogP contribution is 2.14. The predicted octanol–water partition coefficient (Wildman–Crippen LogP) is 1.88. The van der Waals surface area contributed by atoms with Crippen LogP contribution in [0.2, 0.25) is 0 Å². The second kappa shape index (κ2) is 6.49. The van der Waals surface area contributed by atoms with Crippen LogP contribution < -0.4 is 0 Å². The molecule has 21 heavy (non-hydrogen) atoms. The maximum absolute atomic E-state index is 11.7. The minimum Gasteiger partial charge on any atom is -0.464 e. The molecule has 2 rings (SSSR count). The minimum absolute atomic E-state index is 0.198. The van der Waals surface area contributed by atoms with Crippen LogP contribution in [0.5, 0.6) is 0 Å². The Labute approximate surface area is 123 Å². The molecule has 0 atom stereocenters. The number of ether oxygens (including phenoxy) is 2. The number of aromatic nitrogens is 3. The predicted molar refractivity (Wildman–Crippen MR) is 77.1 cm³/mol. The van der Waals surface area contributed by atoms with Gasteiger partial charge in [0.05, 0.1) is 26.0 Å². The zero-order chi connectivity index (χ0) is 15.4. The molecule has 2 aromatic rings. The molecule has 0 aliphatic rings. The van der Waals surface area contributed by atoms with Crippen LogP contribution in [-0.2, 0) is 22.6 Å². The number of hydrogen-bond donors (Lipinski definition) is 0. The van der Waals surface area contributed by atoms with Gasteiger partial charge in [-0.3, -0.25) is 0 Å². The van der Waals surface area contributed by atoms with E-state index in [-0.39, 0.29) is 12.3 Å². The number of hydrogen-bond acceptors (Lipinski definition) is 5. The quantitative estimate of drug-likeness (QED) is 0.786. The van der Waals surface area contributed by atoms with Gasteiger partial charge in [-0.15, -0.1) is 5.10 Å². The van der Waals surface area contributed by atoms with Crippen molar-refractivity contribution in [2.45, 2.75) is 27.0 Å². The summed E-state index contributed by atoms with van der Waals surface area (Å²) in [5, 5.41) is 7.95. The number of nitrogens with zero attached hydrogens (tertiary/aromatic N) is 3. The first-order valence-corrected chi connectivity index (χ1v) is 6.62. The minimum atomic E-state index is -0.506. The molecule has 0 bridgehead atoms. The van der Waals surface area contributed by atoms with Gasteiger partial charge < -0.3 is 9.47 Å². The number of benzene rings is 1. The molecule has 6 nitrogen and oxygen atoms in total. The lowest BCUT2D eigenvalue weighted by atomic mass is 10.1. The highest BCUT2D eigenvalue weighted by Gasteiger charge is 2.20.